The van der Waals surface area contributed by atoms with Gasteiger partial charge in [-0.3, -0.25) is 9.59 Å². The molecular weight excluding hydrogens is 406 g/mol. The molecule has 8 nitrogen and oxygen atoms in total. The number of nitrogens with one attached hydrogen (secondary N) is 2. The zero-order valence-corrected chi connectivity index (χ0v) is 17.6. The van der Waals surface area contributed by atoms with E-state index in [2.05, 4.69) is 5.32 Å². The van der Waals surface area contributed by atoms with Crippen LogP contribution in [-0.2, 0) is 26.2 Å². The van der Waals surface area contributed by atoms with E-state index < -0.39 is 16.1 Å². The van der Waals surface area contributed by atoms with Gasteiger partial charge in [0, 0.05) is 12.0 Å². The van der Waals surface area contributed by atoms with Crippen LogP contribution in [0.4, 0.5) is 5.69 Å². The smallest absolute Gasteiger partial charge is 0.326 e. The average Bonchev–Trinajstić information content (AvgIpc) is 2.92. The fourth-order valence-electron chi connectivity index (χ4n) is 6.49. The van der Waals surface area contributed by atoms with Crippen LogP contribution in [0, 0.1) is 23.2 Å². The predicted octanol–water partition coefficient (Wildman–Crippen LogP) is 1.45. The van der Waals surface area contributed by atoms with Crippen LogP contribution in [0.1, 0.15) is 44.1 Å². The molecule has 1 aromatic rings. The van der Waals surface area contributed by atoms with Gasteiger partial charge < -0.3 is 10.4 Å². The van der Waals surface area contributed by atoms with Crippen molar-refractivity contribution in [3.63, 3.8) is 0 Å². The second kappa shape index (κ2) is 6.87. The molecule has 3 N–H and O–H groups in total. The lowest BCUT2D eigenvalue weighted by Crippen LogP contribution is -2.53. The van der Waals surface area contributed by atoms with E-state index in [1.165, 1.54) is 31.4 Å². The molecule has 162 valence electrons. The van der Waals surface area contributed by atoms with E-state index >= 15 is 0 Å². The number of hydrogen-bond donors (Lipinski definition) is 3. The van der Waals surface area contributed by atoms with E-state index in [0.29, 0.717) is 13.0 Å². The van der Waals surface area contributed by atoms with Gasteiger partial charge in [-0.2, -0.15) is 8.42 Å². The first kappa shape index (κ1) is 19.7. The Labute approximate surface area is 176 Å². The van der Waals surface area contributed by atoms with Crippen LogP contribution in [0.15, 0.2) is 18.2 Å². The second-order valence-electron chi connectivity index (χ2n) is 9.56. The fourth-order valence-corrected chi connectivity index (χ4v) is 7.66. The number of anilines is 1. The van der Waals surface area contributed by atoms with Gasteiger partial charge in [-0.05, 0) is 80.4 Å². The first-order valence-corrected chi connectivity index (χ1v) is 12.1. The number of rotatable bonds is 5. The summed E-state index contributed by atoms with van der Waals surface area (Å²) in [4.78, 5) is 24.4. The summed E-state index contributed by atoms with van der Waals surface area (Å²) in [6, 6.07) is 4.69. The number of carbonyl (C=O) groups is 2. The summed E-state index contributed by atoms with van der Waals surface area (Å²) in [5.41, 5.74) is 0.678. The molecule has 6 rings (SSSR count). The third kappa shape index (κ3) is 3.33. The Morgan fingerprint density at radius 1 is 1.17 bits per heavy atom. The Hall–Kier alpha value is -2.29. The number of amides is 2. The molecule has 1 aromatic carbocycles. The largest absolute Gasteiger partial charge is 0.506 e. The molecule has 0 aromatic heterocycles. The lowest BCUT2D eigenvalue weighted by atomic mass is 9.49. The molecule has 2 amide bonds. The molecule has 4 aliphatic carbocycles. The standard InChI is InChI=1S/C21H27N3O5S/c25-18-8-13(1-2-17(18)24-12-19(26)23-30(24,28)29)3-4-22-20(27)21-9-14-5-15(10-21)7-16(6-14)11-21/h1-2,8,14-16,25H,3-7,9-12H2,(H,22,27)(H,23,26). The summed E-state index contributed by atoms with van der Waals surface area (Å²) in [5, 5.41) is 13.4. The lowest BCUT2D eigenvalue weighted by Gasteiger charge is -2.55. The van der Waals surface area contributed by atoms with E-state index in [1.807, 2.05) is 4.72 Å². The number of benzene rings is 1. The normalized spacial score (nSPS) is 33.5. The minimum atomic E-state index is -3.96. The van der Waals surface area contributed by atoms with Gasteiger partial charge in [-0.1, -0.05) is 6.07 Å². The van der Waals surface area contributed by atoms with E-state index in [1.54, 1.807) is 6.07 Å². The number of phenols is 1. The quantitative estimate of drug-likeness (QED) is 0.650. The summed E-state index contributed by atoms with van der Waals surface area (Å²) in [6.45, 7) is 0.123. The Morgan fingerprint density at radius 2 is 1.80 bits per heavy atom. The maximum atomic E-state index is 13.0. The van der Waals surface area contributed by atoms with Crippen LogP contribution < -0.4 is 14.3 Å². The molecule has 4 bridgehead atoms. The van der Waals surface area contributed by atoms with Crippen molar-refractivity contribution in [1.29, 1.82) is 0 Å². The van der Waals surface area contributed by atoms with Crippen molar-refractivity contribution in [1.82, 2.24) is 10.0 Å². The van der Waals surface area contributed by atoms with Gasteiger partial charge in [0.15, 0.2) is 0 Å². The number of phenolic OH excluding ortho intramolecular Hbond substituents is 1. The zero-order chi connectivity index (χ0) is 21.1. The van der Waals surface area contributed by atoms with E-state index in [-0.39, 0.29) is 29.3 Å². The molecule has 4 saturated carbocycles. The van der Waals surface area contributed by atoms with E-state index in [0.717, 1.165) is 46.9 Å². The molecule has 0 spiro atoms. The Morgan fingerprint density at radius 3 is 2.33 bits per heavy atom. The van der Waals surface area contributed by atoms with Crippen molar-refractivity contribution < 1.29 is 23.1 Å². The van der Waals surface area contributed by atoms with Crippen molar-refractivity contribution in [2.45, 2.75) is 44.9 Å². The number of nitrogens with zero attached hydrogens (tertiary/aromatic N) is 1. The van der Waals surface area contributed by atoms with Crippen LogP contribution in [0.25, 0.3) is 0 Å². The summed E-state index contributed by atoms with van der Waals surface area (Å²) in [5.74, 6) is 1.49. The fraction of sp³-hybridized carbons (Fsp3) is 0.619. The molecule has 0 unspecified atom stereocenters. The molecule has 1 saturated heterocycles. The summed E-state index contributed by atoms with van der Waals surface area (Å²) < 4.78 is 26.6. The summed E-state index contributed by atoms with van der Waals surface area (Å²) >= 11 is 0. The van der Waals surface area contributed by atoms with Gasteiger partial charge in [0.2, 0.25) is 5.91 Å². The number of aromatic hydroxyl groups is 1. The highest BCUT2D eigenvalue weighted by molar-refractivity contribution is 7.92. The molecule has 1 aliphatic heterocycles. The third-order valence-corrected chi connectivity index (χ3v) is 8.74. The number of carbonyl (C=O) groups excluding carboxylic acids is 2. The molecule has 30 heavy (non-hydrogen) atoms. The monoisotopic (exact) mass is 433 g/mol. The molecule has 5 fully saturated rings. The highest BCUT2D eigenvalue weighted by atomic mass is 32.2. The Kier molecular flexibility index (Phi) is 4.50. The lowest BCUT2D eigenvalue weighted by molar-refractivity contribution is -0.146. The minimum absolute atomic E-state index is 0.0645. The zero-order valence-electron chi connectivity index (χ0n) is 16.8. The first-order valence-electron chi connectivity index (χ1n) is 10.7. The van der Waals surface area contributed by atoms with Crippen molar-refractivity contribution in [2.75, 3.05) is 17.4 Å². The third-order valence-electron chi connectivity index (χ3n) is 7.35. The topological polar surface area (TPSA) is 116 Å². The van der Waals surface area contributed by atoms with Gasteiger partial charge in [0.05, 0.1) is 5.69 Å². The van der Waals surface area contributed by atoms with Crippen LogP contribution in [0.3, 0.4) is 0 Å². The van der Waals surface area contributed by atoms with Gasteiger partial charge in [0.25, 0.3) is 5.91 Å². The van der Waals surface area contributed by atoms with Crippen molar-refractivity contribution in [3.8, 4) is 5.75 Å². The maximum Gasteiger partial charge on any atom is 0.326 e. The number of hydrogen-bond acceptors (Lipinski definition) is 5. The Bertz CT molecular complexity index is 971. The molecule has 5 aliphatic rings. The highest BCUT2D eigenvalue weighted by Crippen LogP contribution is 2.60. The van der Waals surface area contributed by atoms with E-state index in [9.17, 15) is 23.1 Å². The highest BCUT2D eigenvalue weighted by Gasteiger charge is 2.54. The maximum absolute atomic E-state index is 13.0. The van der Waals surface area contributed by atoms with Crippen molar-refractivity contribution in [2.24, 2.45) is 23.2 Å². The second-order valence-corrected chi connectivity index (χ2v) is 11.2. The molecule has 1 heterocycles. The van der Waals surface area contributed by atoms with Crippen molar-refractivity contribution in [3.05, 3.63) is 23.8 Å². The predicted molar refractivity (Wildman–Crippen MR) is 110 cm³/mol. The summed E-state index contributed by atoms with van der Waals surface area (Å²) in [7, 11) is -3.96. The van der Waals surface area contributed by atoms with Crippen LogP contribution >= 0.6 is 0 Å². The van der Waals surface area contributed by atoms with Crippen LogP contribution in [0.2, 0.25) is 0 Å². The molecular formula is C21H27N3O5S. The average molecular weight is 434 g/mol. The minimum Gasteiger partial charge on any atom is -0.506 e. The van der Waals surface area contributed by atoms with Gasteiger partial charge in [-0.15, -0.1) is 0 Å². The van der Waals surface area contributed by atoms with Gasteiger partial charge >= 0.3 is 10.2 Å². The van der Waals surface area contributed by atoms with Gasteiger partial charge in [-0.25, -0.2) is 9.03 Å². The van der Waals surface area contributed by atoms with Crippen molar-refractivity contribution >= 4 is 27.7 Å². The van der Waals surface area contributed by atoms with Gasteiger partial charge in [0.1, 0.15) is 12.3 Å². The summed E-state index contributed by atoms with van der Waals surface area (Å²) in [6.07, 6.45) is 7.51. The molecule has 0 atom stereocenters. The SMILES string of the molecule is O=C1CN(c2ccc(CCNC(=O)C34CC5CC(CC(C5)C3)C4)cc2O)S(=O)(=O)N1. The molecule has 9 heteroatoms. The molecule has 0 radical (unpaired) electrons. The first-order chi connectivity index (χ1) is 14.2. The van der Waals surface area contributed by atoms with E-state index in [4.69, 9.17) is 0 Å². The van der Waals surface area contributed by atoms with Crippen LogP contribution in [-0.4, -0.2) is 38.4 Å². The Balaban J connectivity index is 1.21. The van der Waals surface area contributed by atoms with Crippen LogP contribution in [0.5, 0.6) is 5.75 Å².